The van der Waals surface area contributed by atoms with Crippen molar-refractivity contribution in [3.8, 4) is 0 Å². The van der Waals surface area contributed by atoms with Gasteiger partial charge >= 0.3 is 5.97 Å². The zero-order chi connectivity index (χ0) is 17.7. The molecule has 2 aliphatic rings. The molecule has 138 valence electrons. The molecule has 1 saturated heterocycles. The molecule has 0 bridgehead atoms. The van der Waals surface area contributed by atoms with E-state index in [4.69, 9.17) is 14.2 Å². The van der Waals surface area contributed by atoms with Crippen LogP contribution in [0.4, 0.5) is 0 Å². The predicted molar refractivity (Wildman–Crippen MR) is 92.9 cm³/mol. The second kappa shape index (κ2) is 8.30. The fraction of sp³-hybridized carbons (Fsp3) is 0.650. The largest absolute Gasteiger partial charge is 0.466 e. The van der Waals surface area contributed by atoms with Crippen molar-refractivity contribution in [3.05, 3.63) is 35.4 Å². The molecule has 1 unspecified atom stereocenters. The molecule has 1 aromatic rings. The van der Waals surface area contributed by atoms with Crippen molar-refractivity contribution in [2.75, 3.05) is 19.8 Å². The molecule has 0 spiro atoms. The second-order valence-corrected chi connectivity index (χ2v) is 7.01. The number of hydrogen-bond acceptors (Lipinski definition) is 5. The van der Waals surface area contributed by atoms with Gasteiger partial charge in [0.15, 0.2) is 6.29 Å². The lowest BCUT2D eigenvalue weighted by molar-refractivity contribution is -0.165. The quantitative estimate of drug-likeness (QED) is 0.768. The highest BCUT2D eigenvalue weighted by molar-refractivity contribution is 5.74. The van der Waals surface area contributed by atoms with Crippen LogP contribution in [0.15, 0.2) is 24.3 Å². The van der Waals surface area contributed by atoms with Crippen LogP contribution in [0.1, 0.15) is 50.2 Å². The van der Waals surface area contributed by atoms with E-state index in [1.807, 2.05) is 24.3 Å². The zero-order valence-corrected chi connectivity index (χ0v) is 14.9. The van der Waals surface area contributed by atoms with E-state index in [0.717, 1.165) is 43.4 Å². The molecule has 25 heavy (non-hydrogen) atoms. The van der Waals surface area contributed by atoms with Gasteiger partial charge in [0.05, 0.1) is 24.7 Å². The van der Waals surface area contributed by atoms with Crippen LogP contribution in [0, 0.1) is 5.92 Å². The highest BCUT2D eigenvalue weighted by Gasteiger charge is 2.48. The molecular formula is C20H28O5. The Balaban J connectivity index is 1.50. The molecule has 5 heteroatoms. The number of esters is 1. The van der Waals surface area contributed by atoms with Gasteiger partial charge in [-0.3, -0.25) is 4.79 Å². The van der Waals surface area contributed by atoms with Crippen LogP contribution in [0.3, 0.4) is 0 Å². The first-order valence-corrected chi connectivity index (χ1v) is 9.32. The Bertz CT molecular complexity index is 573. The maximum atomic E-state index is 11.7. The maximum absolute atomic E-state index is 11.7. The highest BCUT2D eigenvalue weighted by Crippen LogP contribution is 2.46. The molecule has 1 aromatic carbocycles. The van der Waals surface area contributed by atoms with Crippen molar-refractivity contribution in [1.29, 1.82) is 0 Å². The van der Waals surface area contributed by atoms with Crippen molar-refractivity contribution in [1.82, 2.24) is 0 Å². The van der Waals surface area contributed by atoms with Gasteiger partial charge in [-0.2, -0.15) is 0 Å². The van der Waals surface area contributed by atoms with Crippen LogP contribution < -0.4 is 0 Å². The van der Waals surface area contributed by atoms with Gasteiger partial charge in [0.1, 0.15) is 0 Å². The molecule has 1 atom stereocenters. The predicted octanol–water partition coefficient (Wildman–Crippen LogP) is 2.93. The Hall–Kier alpha value is -1.43. The van der Waals surface area contributed by atoms with Crippen molar-refractivity contribution in [2.24, 2.45) is 5.92 Å². The summed E-state index contributed by atoms with van der Waals surface area (Å²) in [6.07, 6.45) is 4.82. The monoisotopic (exact) mass is 348 g/mol. The number of hydrogen-bond donors (Lipinski definition) is 1. The van der Waals surface area contributed by atoms with Gasteiger partial charge in [-0.15, -0.1) is 0 Å². The first-order valence-electron chi connectivity index (χ1n) is 9.32. The lowest BCUT2D eigenvalue weighted by Gasteiger charge is -2.42. The SMILES string of the molecule is CCOC(=O)C1CC(O)(c2cccc(CCOC3CCCCO3)c2)C1. The van der Waals surface area contributed by atoms with E-state index in [1.54, 1.807) is 6.92 Å². The smallest absolute Gasteiger partial charge is 0.309 e. The third-order valence-electron chi connectivity index (χ3n) is 5.08. The summed E-state index contributed by atoms with van der Waals surface area (Å²) in [5.41, 5.74) is 1.08. The van der Waals surface area contributed by atoms with Gasteiger partial charge in [-0.05, 0) is 56.6 Å². The van der Waals surface area contributed by atoms with E-state index in [2.05, 4.69) is 0 Å². The summed E-state index contributed by atoms with van der Waals surface area (Å²) in [7, 11) is 0. The van der Waals surface area contributed by atoms with Crippen molar-refractivity contribution >= 4 is 5.97 Å². The van der Waals surface area contributed by atoms with Crippen molar-refractivity contribution in [3.63, 3.8) is 0 Å². The molecule has 5 nitrogen and oxygen atoms in total. The van der Waals surface area contributed by atoms with E-state index >= 15 is 0 Å². The van der Waals surface area contributed by atoms with Gasteiger partial charge < -0.3 is 19.3 Å². The van der Waals surface area contributed by atoms with Crippen LogP contribution >= 0.6 is 0 Å². The van der Waals surface area contributed by atoms with E-state index in [9.17, 15) is 9.90 Å². The van der Waals surface area contributed by atoms with E-state index in [1.165, 1.54) is 0 Å². The normalized spacial score (nSPS) is 29.0. The van der Waals surface area contributed by atoms with Gasteiger partial charge in [-0.1, -0.05) is 24.3 Å². The lowest BCUT2D eigenvalue weighted by atomic mass is 9.67. The van der Waals surface area contributed by atoms with Crippen LogP contribution in [-0.2, 0) is 31.0 Å². The van der Waals surface area contributed by atoms with Crippen LogP contribution in [-0.4, -0.2) is 37.2 Å². The molecule has 0 radical (unpaired) electrons. The van der Waals surface area contributed by atoms with Crippen molar-refractivity contribution in [2.45, 2.75) is 57.3 Å². The molecule has 1 aliphatic carbocycles. The molecule has 1 saturated carbocycles. The average Bonchev–Trinajstić information content (AvgIpc) is 2.60. The van der Waals surface area contributed by atoms with Gasteiger partial charge in [0.2, 0.25) is 0 Å². The molecule has 1 N–H and O–H groups in total. The zero-order valence-electron chi connectivity index (χ0n) is 14.9. The van der Waals surface area contributed by atoms with Crippen molar-refractivity contribution < 1.29 is 24.1 Å². The van der Waals surface area contributed by atoms with Gasteiger partial charge in [-0.25, -0.2) is 0 Å². The molecule has 1 aliphatic heterocycles. The highest BCUT2D eigenvalue weighted by atomic mass is 16.7. The number of rotatable bonds is 7. The van der Waals surface area contributed by atoms with E-state index in [0.29, 0.717) is 26.1 Å². The Kier molecular flexibility index (Phi) is 6.10. The number of carbonyl (C=O) groups excluding carboxylic acids is 1. The maximum Gasteiger partial charge on any atom is 0.309 e. The molecule has 0 amide bonds. The fourth-order valence-electron chi connectivity index (χ4n) is 3.59. The van der Waals surface area contributed by atoms with Crippen LogP contribution in [0.2, 0.25) is 0 Å². The van der Waals surface area contributed by atoms with Gasteiger partial charge in [0.25, 0.3) is 0 Å². The number of carbonyl (C=O) groups is 1. The third-order valence-corrected chi connectivity index (χ3v) is 5.08. The molecular weight excluding hydrogens is 320 g/mol. The Labute approximate surface area is 149 Å². The number of benzene rings is 1. The minimum atomic E-state index is -0.916. The van der Waals surface area contributed by atoms with Crippen LogP contribution in [0.5, 0.6) is 0 Å². The summed E-state index contributed by atoms with van der Waals surface area (Å²) in [6.45, 7) is 3.58. The molecule has 1 heterocycles. The summed E-state index contributed by atoms with van der Waals surface area (Å²) in [4.78, 5) is 11.7. The van der Waals surface area contributed by atoms with E-state index < -0.39 is 5.60 Å². The fourth-order valence-corrected chi connectivity index (χ4v) is 3.59. The molecule has 3 rings (SSSR count). The minimum Gasteiger partial charge on any atom is -0.466 e. The Morgan fingerprint density at radius 1 is 1.36 bits per heavy atom. The van der Waals surface area contributed by atoms with Gasteiger partial charge in [0, 0.05) is 6.61 Å². The average molecular weight is 348 g/mol. The summed E-state index contributed by atoms with van der Waals surface area (Å²) in [6, 6.07) is 7.94. The standard InChI is InChI=1S/C20H28O5/c1-2-23-19(21)16-13-20(22,14-16)17-7-5-6-15(12-17)9-11-25-18-8-3-4-10-24-18/h5-7,12,16,18,22H,2-4,8-11,13-14H2,1H3. The molecule has 0 aromatic heterocycles. The number of ether oxygens (including phenoxy) is 3. The van der Waals surface area contributed by atoms with E-state index in [-0.39, 0.29) is 18.2 Å². The number of aliphatic hydroxyl groups is 1. The molecule has 2 fully saturated rings. The Morgan fingerprint density at radius 3 is 2.92 bits per heavy atom. The minimum absolute atomic E-state index is 0.0712. The Morgan fingerprint density at radius 2 is 2.20 bits per heavy atom. The summed E-state index contributed by atoms with van der Waals surface area (Å²) in [5.74, 6) is -0.399. The van der Waals surface area contributed by atoms with Crippen LogP contribution in [0.25, 0.3) is 0 Å². The topological polar surface area (TPSA) is 65.0 Å². The summed E-state index contributed by atoms with van der Waals surface area (Å²) < 4.78 is 16.4. The first-order chi connectivity index (χ1) is 12.1. The first kappa shape index (κ1) is 18.4. The third kappa shape index (κ3) is 4.60. The summed E-state index contributed by atoms with van der Waals surface area (Å²) >= 11 is 0. The second-order valence-electron chi connectivity index (χ2n) is 7.01. The lowest BCUT2D eigenvalue weighted by Crippen LogP contribution is -2.45. The summed E-state index contributed by atoms with van der Waals surface area (Å²) in [5, 5.41) is 10.8.